The van der Waals surface area contributed by atoms with Gasteiger partial charge in [-0.25, -0.2) is 0 Å². The molecular weight excluding hydrogens is 288 g/mol. The van der Waals surface area contributed by atoms with E-state index >= 15 is 0 Å². The molecule has 0 saturated carbocycles. The fraction of sp³-hybridized carbons (Fsp3) is 0.500. The molecule has 5 nitrogen and oxygen atoms in total. The molecule has 3 rings (SSSR count). The van der Waals surface area contributed by atoms with Crippen LogP contribution in [0.15, 0.2) is 36.7 Å². The summed E-state index contributed by atoms with van der Waals surface area (Å²) in [5, 5.41) is 7.98. The van der Waals surface area contributed by atoms with Crippen molar-refractivity contribution in [2.45, 2.75) is 38.9 Å². The summed E-state index contributed by atoms with van der Waals surface area (Å²) in [5.74, 6) is 0.918. The summed E-state index contributed by atoms with van der Waals surface area (Å²) in [4.78, 5) is 2.51. The maximum Gasteiger partial charge on any atom is 0.141 e. The van der Waals surface area contributed by atoms with Crippen molar-refractivity contribution in [2.24, 2.45) is 0 Å². The number of para-hydroxylation sites is 2. The van der Waals surface area contributed by atoms with Gasteiger partial charge >= 0.3 is 0 Å². The first-order valence-corrected chi connectivity index (χ1v) is 8.41. The summed E-state index contributed by atoms with van der Waals surface area (Å²) in [7, 11) is 1.72. The fourth-order valence-corrected chi connectivity index (χ4v) is 3.14. The zero-order valence-corrected chi connectivity index (χ0v) is 14.0. The molecule has 1 aromatic heterocycles. The molecule has 1 N–H and O–H groups in total. The van der Waals surface area contributed by atoms with E-state index in [-0.39, 0.29) is 0 Å². The Kier molecular flexibility index (Phi) is 5.18. The number of aromatic nitrogens is 2. The summed E-state index contributed by atoms with van der Waals surface area (Å²) < 4.78 is 7.41. The molecule has 1 saturated heterocycles. The summed E-state index contributed by atoms with van der Waals surface area (Å²) in [6.45, 7) is 6.28. The molecule has 124 valence electrons. The predicted molar refractivity (Wildman–Crippen MR) is 92.8 cm³/mol. The number of aryl methyl sites for hydroxylation is 1. The van der Waals surface area contributed by atoms with Crippen LogP contribution in [-0.4, -0.2) is 40.9 Å². The quantitative estimate of drug-likeness (QED) is 0.890. The molecule has 1 aliphatic rings. The number of hydrogen-bond donors (Lipinski definition) is 1. The van der Waals surface area contributed by atoms with Gasteiger partial charge in [-0.3, -0.25) is 9.58 Å². The molecular formula is C18H26N4O. The number of nitrogens with one attached hydrogen (secondary N) is 1. The van der Waals surface area contributed by atoms with Gasteiger partial charge in [0.15, 0.2) is 0 Å². The molecule has 0 aliphatic carbocycles. The van der Waals surface area contributed by atoms with Crippen molar-refractivity contribution in [3.63, 3.8) is 0 Å². The SMILES string of the molecule is CCn1cc(CN2CCC(Nc3ccccc3OC)CC2)cn1. The lowest BCUT2D eigenvalue weighted by atomic mass is 10.0. The van der Waals surface area contributed by atoms with Gasteiger partial charge in [0.2, 0.25) is 0 Å². The second-order valence-electron chi connectivity index (χ2n) is 6.10. The first-order valence-electron chi connectivity index (χ1n) is 8.41. The Balaban J connectivity index is 1.50. The fourth-order valence-electron chi connectivity index (χ4n) is 3.14. The molecule has 0 amide bonds. The number of rotatable bonds is 6. The number of methoxy groups -OCH3 is 1. The van der Waals surface area contributed by atoms with Gasteiger partial charge in [-0.15, -0.1) is 0 Å². The van der Waals surface area contributed by atoms with Crippen LogP contribution in [0, 0.1) is 0 Å². The van der Waals surface area contributed by atoms with E-state index in [0.717, 1.165) is 50.5 Å². The highest BCUT2D eigenvalue weighted by Gasteiger charge is 2.20. The molecule has 0 spiro atoms. The highest BCUT2D eigenvalue weighted by Crippen LogP contribution is 2.26. The average molecular weight is 314 g/mol. The van der Waals surface area contributed by atoms with E-state index in [1.165, 1.54) is 5.56 Å². The third kappa shape index (κ3) is 4.05. The Bertz CT molecular complexity index is 617. The standard InChI is InChI=1S/C18H26N4O/c1-3-22-14-15(12-19-22)13-21-10-8-16(9-11-21)20-17-6-4-5-7-18(17)23-2/h4-7,12,14,16,20H,3,8-11,13H2,1-2H3. The molecule has 23 heavy (non-hydrogen) atoms. The van der Waals surface area contributed by atoms with Gasteiger partial charge < -0.3 is 10.1 Å². The van der Waals surface area contributed by atoms with Crippen LogP contribution in [0.2, 0.25) is 0 Å². The number of ether oxygens (including phenoxy) is 1. The minimum atomic E-state index is 0.515. The van der Waals surface area contributed by atoms with E-state index in [9.17, 15) is 0 Å². The number of piperidine rings is 1. The molecule has 2 aromatic rings. The lowest BCUT2D eigenvalue weighted by Gasteiger charge is -2.32. The maximum atomic E-state index is 5.42. The zero-order valence-electron chi connectivity index (χ0n) is 14.0. The minimum Gasteiger partial charge on any atom is -0.495 e. The Labute approximate surface area is 138 Å². The molecule has 2 heterocycles. The van der Waals surface area contributed by atoms with Crippen LogP contribution in [0.5, 0.6) is 5.75 Å². The Hall–Kier alpha value is -2.01. The minimum absolute atomic E-state index is 0.515. The van der Waals surface area contributed by atoms with Gasteiger partial charge in [0.05, 0.1) is 19.0 Å². The molecule has 0 unspecified atom stereocenters. The van der Waals surface area contributed by atoms with E-state index in [1.807, 2.05) is 29.1 Å². The lowest BCUT2D eigenvalue weighted by molar-refractivity contribution is 0.211. The Morgan fingerprint density at radius 1 is 1.26 bits per heavy atom. The van der Waals surface area contributed by atoms with Gasteiger partial charge in [-0.05, 0) is 31.9 Å². The summed E-state index contributed by atoms with van der Waals surface area (Å²) in [5.41, 5.74) is 2.40. The molecule has 1 fully saturated rings. The van der Waals surface area contributed by atoms with Crippen LogP contribution >= 0.6 is 0 Å². The van der Waals surface area contributed by atoms with E-state index in [0.29, 0.717) is 6.04 Å². The average Bonchev–Trinajstić information content (AvgIpc) is 3.05. The van der Waals surface area contributed by atoms with Crippen LogP contribution in [0.1, 0.15) is 25.3 Å². The zero-order chi connectivity index (χ0) is 16.1. The number of hydrogen-bond acceptors (Lipinski definition) is 4. The molecule has 0 atom stereocenters. The number of nitrogens with zero attached hydrogens (tertiary/aromatic N) is 3. The third-order valence-corrected chi connectivity index (χ3v) is 4.47. The van der Waals surface area contributed by atoms with Gasteiger partial charge in [-0.2, -0.15) is 5.10 Å². The van der Waals surface area contributed by atoms with Gasteiger partial charge in [0.1, 0.15) is 5.75 Å². The smallest absolute Gasteiger partial charge is 0.141 e. The van der Waals surface area contributed by atoms with Crippen LogP contribution in [0.25, 0.3) is 0 Å². The second-order valence-corrected chi connectivity index (χ2v) is 6.10. The highest BCUT2D eigenvalue weighted by atomic mass is 16.5. The van der Waals surface area contributed by atoms with Crippen molar-refractivity contribution in [2.75, 3.05) is 25.5 Å². The number of likely N-dealkylation sites (tertiary alicyclic amines) is 1. The third-order valence-electron chi connectivity index (χ3n) is 4.47. The van der Waals surface area contributed by atoms with Gasteiger partial charge in [0, 0.05) is 44.0 Å². The topological polar surface area (TPSA) is 42.3 Å². The van der Waals surface area contributed by atoms with Crippen LogP contribution < -0.4 is 10.1 Å². The van der Waals surface area contributed by atoms with Gasteiger partial charge in [0.25, 0.3) is 0 Å². The molecule has 0 radical (unpaired) electrons. The van der Waals surface area contributed by atoms with Crippen molar-refractivity contribution < 1.29 is 4.74 Å². The predicted octanol–water partition coefficient (Wildman–Crippen LogP) is 2.99. The Morgan fingerprint density at radius 3 is 2.74 bits per heavy atom. The van der Waals surface area contributed by atoms with E-state index in [1.54, 1.807) is 7.11 Å². The maximum absolute atomic E-state index is 5.42. The van der Waals surface area contributed by atoms with Crippen molar-refractivity contribution in [1.82, 2.24) is 14.7 Å². The molecule has 0 bridgehead atoms. The van der Waals surface area contributed by atoms with E-state index in [2.05, 4.69) is 34.5 Å². The lowest BCUT2D eigenvalue weighted by Crippen LogP contribution is -2.38. The van der Waals surface area contributed by atoms with Crippen LogP contribution in [0.3, 0.4) is 0 Å². The first kappa shape index (κ1) is 15.9. The van der Waals surface area contributed by atoms with Crippen molar-refractivity contribution >= 4 is 5.69 Å². The number of benzene rings is 1. The summed E-state index contributed by atoms with van der Waals surface area (Å²) in [6.07, 6.45) is 6.45. The molecule has 1 aromatic carbocycles. The monoisotopic (exact) mass is 314 g/mol. The summed E-state index contributed by atoms with van der Waals surface area (Å²) in [6, 6.07) is 8.66. The van der Waals surface area contributed by atoms with Gasteiger partial charge in [-0.1, -0.05) is 12.1 Å². The highest BCUT2D eigenvalue weighted by molar-refractivity contribution is 5.56. The van der Waals surface area contributed by atoms with E-state index in [4.69, 9.17) is 4.74 Å². The van der Waals surface area contributed by atoms with Crippen LogP contribution in [-0.2, 0) is 13.1 Å². The normalized spacial score (nSPS) is 16.4. The Morgan fingerprint density at radius 2 is 2.04 bits per heavy atom. The molecule has 1 aliphatic heterocycles. The van der Waals surface area contributed by atoms with Crippen LogP contribution in [0.4, 0.5) is 5.69 Å². The van der Waals surface area contributed by atoms with E-state index < -0.39 is 0 Å². The van der Waals surface area contributed by atoms with Crippen molar-refractivity contribution in [1.29, 1.82) is 0 Å². The number of anilines is 1. The second kappa shape index (κ2) is 7.51. The summed E-state index contributed by atoms with van der Waals surface area (Å²) >= 11 is 0. The molecule has 5 heteroatoms. The largest absolute Gasteiger partial charge is 0.495 e. The van der Waals surface area contributed by atoms with Crippen molar-refractivity contribution in [3.05, 3.63) is 42.2 Å². The first-order chi connectivity index (χ1) is 11.3. The van der Waals surface area contributed by atoms with Crippen molar-refractivity contribution in [3.8, 4) is 5.75 Å².